The van der Waals surface area contributed by atoms with Crippen molar-refractivity contribution >= 4 is 0 Å². The number of hydrogen-bond acceptors (Lipinski definition) is 2. The van der Waals surface area contributed by atoms with E-state index in [1.54, 1.807) is 0 Å². The van der Waals surface area contributed by atoms with E-state index in [1.165, 1.54) is 64.6 Å². The van der Waals surface area contributed by atoms with E-state index in [9.17, 15) is 0 Å². The number of piperidine rings is 1. The molecule has 2 atom stereocenters. The Kier molecular flexibility index (Phi) is 3.68. The molecule has 0 amide bonds. The van der Waals surface area contributed by atoms with Gasteiger partial charge in [-0.15, -0.1) is 0 Å². The molecule has 3 rings (SSSR count). The van der Waals surface area contributed by atoms with E-state index < -0.39 is 0 Å². The number of likely N-dealkylation sites (tertiary alicyclic amines) is 1. The van der Waals surface area contributed by atoms with Gasteiger partial charge in [-0.3, -0.25) is 4.90 Å². The number of hydrogen-bond donors (Lipinski definition) is 1. The highest BCUT2D eigenvalue weighted by Gasteiger charge is 2.40. The topological polar surface area (TPSA) is 15.3 Å². The van der Waals surface area contributed by atoms with Gasteiger partial charge in [0, 0.05) is 12.1 Å². The molecule has 1 aliphatic carbocycles. The second kappa shape index (κ2) is 5.13. The standard InChI is InChI=1S/C16H30N2/c1-16(2)9-3-6-15(16)18-11-7-13(8-12-18)14-5-4-10-17-14/h13-15,17H,3-12H2,1-2H3. The minimum atomic E-state index is 0.568. The van der Waals surface area contributed by atoms with Gasteiger partial charge in [-0.1, -0.05) is 20.3 Å². The normalized spacial score (nSPS) is 38.3. The lowest BCUT2D eigenvalue weighted by atomic mass is 9.83. The molecule has 0 aromatic rings. The minimum Gasteiger partial charge on any atom is -0.314 e. The molecule has 2 heteroatoms. The molecule has 2 heterocycles. The predicted octanol–water partition coefficient (Wildman–Crippen LogP) is 3.03. The van der Waals surface area contributed by atoms with Crippen LogP contribution in [0.4, 0.5) is 0 Å². The molecule has 3 aliphatic rings. The molecule has 104 valence electrons. The first kappa shape index (κ1) is 12.9. The van der Waals surface area contributed by atoms with E-state index in [4.69, 9.17) is 0 Å². The smallest absolute Gasteiger partial charge is 0.0146 e. The molecule has 0 aromatic heterocycles. The second-order valence-corrected chi connectivity index (χ2v) is 7.47. The Morgan fingerprint density at radius 3 is 2.33 bits per heavy atom. The summed E-state index contributed by atoms with van der Waals surface area (Å²) in [5, 5.41) is 3.71. The van der Waals surface area contributed by atoms with Gasteiger partial charge in [0.2, 0.25) is 0 Å². The van der Waals surface area contributed by atoms with Crippen LogP contribution in [0.2, 0.25) is 0 Å². The van der Waals surface area contributed by atoms with Gasteiger partial charge in [-0.25, -0.2) is 0 Å². The fourth-order valence-electron chi connectivity index (χ4n) is 4.73. The third kappa shape index (κ3) is 2.46. The summed E-state index contributed by atoms with van der Waals surface area (Å²) in [6.45, 7) is 8.94. The average molecular weight is 250 g/mol. The third-order valence-electron chi connectivity index (χ3n) is 5.88. The summed E-state index contributed by atoms with van der Waals surface area (Å²) in [5.74, 6) is 0.966. The highest BCUT2D eigenvalue weighted by Crippen LogP contribution is 2.42. The van der Waals surface area contributed by atoms with Crippen molar-refractivity contribution in [3.63, 3.8) is 0 Å². The second-order valence-electron chi connectivity index (χ2n) is 7.47. The monoisotopic (exact) mass is 250 g/mol. The Morgan fingerprint density at radius 2 is 1.78 bits per heavy atom. The summed E-state index contributed by atoms with van der Waals surface area (Å²) in [5.41, 5.74) is 0.568. The summed E-state index contributed by atoms with van der Waals surface area (Å²) < 4.78 is 0. The molecular formula is C16H30N2. The van der Waals surface area contributed by atoms with Crippen LogP contribution < -0.4 is 5.32 Å². The van der Waals surface area contributed by atoms with Gasteiger partial charge >= 0.3 is 0 Å². The maximum absolute atomic E-state index is 3.71. The van der Waals surface area contributed by atoms with E-state index in [0.29, 0.717) is 5.41 Å². The van der Waals surface area contributed by atoms with Crippen LogP contribution in [0.15, 0.2) is 0 Å². The molecule has 0 aromatic carbocycles. The third-order valence-corrected chi connectivity index (χ3v) is 5.88. The van der Waals surface area contributed by atoms with Crippen LogP contribution in [0.5, 0.6) is 0 Å². The van der Waals surface area contributed by atoms with Crippen molar-refractivity contribution < 1.29 is 0 Å². The maximum atomic E-state index is 3.71. The summed E-state index contributed by atoms with van der Waals surface area (Å²) in [4.78, 5) is 2.82. The van der Waals surface area contributed by atoms with Crippen LogP contribution in [0.3, 0.4) is 0 Å². The summed E-state index contributed by atoms with van der Waals surface area (Å²) in [6.07, 6.45) is 10.0. The maximum Gasteiger partial charge on any atom is 0.0146 e. The Hall–Kier alpha value is -0.0800. The van der Waals surface area contributed by atoms with Gasteiger partial charge < -0.3 is 5.32 Å². The van der Waals surface area contributed by atoms with Gasteiger partial charge in [0.25, 0.3) is 0 Å². The van der Waals surface area contributed by atoms with Crippen LogP contribution in [0.25, 0.3) is 0 Å². The highest BCUT2D eigenvalue weighted by atomic mass is 15.2. The summed E-state index contributed by atoms with van der Waals surface area (Å²) >= 11 is 0. The molecule has 3 fully saturated rings. The predicted molar refractivity (Wildman–Crippen MR) is 76.7 cm³/mol. The fourth-order valence-corrected chi connectivity index (χ4v) is 4.73. The molecule has 0 bridgehead atoms. The highest BCUT2D eigenvalue weighted by molar-refractivity contribution is 4.94. The van der Waals surface area contributed by atoms with Crippen molar-refractivity contribution in [3.8, 4) is 0 Å². The lowest BCUT2D eigenvalue weighted by Crippen LogP contribution is -2.48. The van der Waals surface area contributed by atoms with Crippen molar-refractivity contribution in [2.75, 3.05) is 19.6 Å². The zero-order valence-corrected chi connectivity index (χ0v) is 12.3. The van der Waals surface area contributed by atoms with Crippen LogP contribution in [-0.4, -0.2) is 36.6 Å². The summed E-state index contributed by atoms with van der Waals surface area (Å²) in [7, 11) is 0. The van der Waals surface area contributed by atoms with E-state index in [-0.39, 0.29) is 0 Å². The van der Waals surface area contributed by atoms with E-state index >= 15 is 0 Å². The van der Waals surface area contributed by atoms with Crippen LogP contribution in [0.1, 0.15) is 58.8 Å². The van der Waals surface area contributed by atoms with Crippen molar-refractivity contribution in [2.45, 2.75) is 70.9 Å². The Bertz CT molecular complexity index is 273. The van der Waals surface area contributed by atoms with E-state index in [0.717, 1.165) is 18.0 Å². The van der Waals surface area contributed by atoms with Crippen molar-refractivity contribution in [1.82, 2.24) is 10.2 Å². The van der Waals surface area contributed by atoms with Crippen LogP contribution in [-0.2, 0) is 0 Å². The molecule has 0 radical (unpaired) electrons. The minimum absolute atomic E-state index is 0.568. The first-order valence-corrected chi connectivity index (χ1v) is 8.14. The van der Waals surface area contributed by atoms with Gasteiger partial charge in [0.05, 0.1) is 0 Å². The van der Waals surface area contributed by atoms with Gasteiger partial charge in [-0.2, -0.15) is 0 Å². The molecule has 18 heavy (non-hydrogen) atoms. The molecule has 2 nitrogen and oxygen atoms in total. The number of nitrogens with zero attached hydrogens (tertiary/aromatic N) is 1. The van der Waals surface area contributed by atoms with Crippen molar-refractivity contribution in [2.24, 2.45) is 11.3 Å². The Balaban J connectivity index is 1.53. The number of nitrogens with one attached hydrogen (secondary N) is 1. The fraction of sp³-hybridized carbons (Fsp3) is 1.00. The van der Waals surface area contributed by atoms with E-state index in [2.05, 4.69) is 24.1 Å². The van der Waals surface area contributed by atoms with Crippen molar-refractivity contribution in [3.05, 3.63) is 0 Å². The van der Waals surface area contributed by atoms with E-state index in [1.807, 2.05) is 0 Å². The van der Waals surface area contributed by atoms with Gasteiger partial charge in [-0.05, 0) is 69.5 Å². The van der Waals surface area contributed by atoms with Gasteiger partial charge in [0.15, 0.2) is 0 Å². The molecule has 2 saturated heterocycles. The molecule has 1 N–H and O–H groups in total. The lowest BCUT2D eigenvalue weighted by molar-refractivity contribution is 0.0680. The Labute approximate surface area is 113 Å². The average Bonchev–Trinajstić information content (AvgIpc) is 2.98. The molecule has 2 aliphatic heterocycles. The largest absolute Gasteiger partial charge is 0.314 e. The Morgan fingerprint density at radius 1 is 1.00 bits per heavy atom. The first-order chi connectivity index (χ1) is 8.67. The molecule has 2 unspecified atom stereocenters. The van der Waals surface area contributed by atoms with Crippen LogP contribution in [0, 0.1) is 11.3 Å². The number of rotatable bonds is 2. The first-order valence-electron chi connectivity index (χ1n) is 8.14. The van der Waals surface area contributed by atoms with Crippen molar-refractivity contribution in [1.29, 1.82) is 0 Å². The lowest BCUT2D eigenvalue weighted by Gasteiger charge is -2.42. The molecule has 0 spiro atoms. The zero-order valence-electron chi connectivity index (χ0n) is 12.3. The molecule has 1 saturated carbocycles. The quantitative estimate of drug-likeness (QED) is 0.810. The molecular weight excluding hydrogens is 220 g/mol. The zero-order chi connectivity index (χ0) is 12.6. The SMILES string of the molecule is CC1(C)CCCC1N1CCC(C2CCCN2)CC1. The summed E-state index contributed by atoms with van der Waals surface area (Å²) in [6, 6.07) is 1.72. The van der Waals surface area contributed by atoms with Crippen LogP contribution >= 0.6 is 0 Å². The van der Waals surface area contributed by atoms with Gasteiger partial charge in [0.1, 0.15) is 0 Å².